The number of methoxy groups -OCH3 is 1. The van der Waals surface area contributed by atoms with Crippen LogP contribution >= 0.6 is 11.8 Å². The van der Waals surface area contributed by atoms with Crippen LogP contribution in [0.2, 0.25) is 0 Å². The predicted molar refractivity (Wildman–Crippen MR) is 75.5 cm³/mol. The van der Waals surface area contributed by atoms with Crippen molar-refractivity contribution in [1.82, 2.24) is 0 Å². The summed E-state index contributed by atoms with van der Waals surface area (Å²) in [7, 11) is 1.65. The number of aliphatic hydroxyl groups excluding tert-OH is 1. The summed E-state index contributed by atoms with van der Waals surface area (Å²) >= 11 is 1.61. The van der Waals surface area contributed by atoms with Crippen molar-refractivity contribution < 1.29 is 14.6 Å². The lowest BCUT2D eigenvalue weighted by atomic mass is 10.3. The van der Waals surface area contributed by atoms with Crippen molar-refractivity contribution in [3.05, 3.63) is 24.3 Å². The van der Waals surface area contributed by atoms with E-state index in [2.05, 4.69) is 6.92 Å². The number of unbranched alkanes of at least 4 members (excludes halogenated alkanes) is 1. The first-order valence-corrected chi connectivity index (χ1v) is 7.27. The van der Waals surface area contributed by atoms with Gasteiger partial charge in [0.25, 0.3) is 0 Å². The lowest BCUT2D eigenvalue weighted by molar-refractivity contribution is 0.0473. The molecule has 0 aliphatic rings. The average molecular weight is 270 g/mol. The highest BCUT2D eigenvalue weighted by molar-refractivity contribution is 7.99. The van der Waals surface area contributed by atoms with Crippen LogP contribution in [0.1, 0.15) is 19.8 Å². The van der Waals surface area contributed by atoms with Gasteiger partial charge in [-0.25, -0.2) is 0 Å². The van der Waals surface area contributed by atoms with Gasteiger partial charge in [-0.15, -0.1) is 11.8 Å². The van der Waals surface area contributed by atoms with Crippen molar-refractivity contribution in [3.8, 4) is 5.75 Å². The smallest absolute Gasteiger partial charge is 0.119 e. The van der Waals surface area contributed by atoms with Gasteiger partial charge in [-0.05, 0) is 24.6 Å². The van der Waals surface area contributed by atoms with Crippen molar-refractivity contribution in [2.45, 2.75) is 30.8 Å². The van der Waals surface area contributed by atoms with Gasteiger partial charge in [0.2, 0.25) is 0 Å². The number of aliphatic hydroxyl groups is 1. The Balaban J connectivity index is 2.22. The van der Waals surface area contributed by atoms with E-state index < -0.39 is 6.10 Å². The number of hydrogen-bond donors (Lipinski definition) is 1. The molecule has 0 fully saturated rings. The summed E-state index contributed by atoms with van der Waals surface area (Å²) in [6.45, 7) is 3.27. The molecule has 0 bridgehead atoms. The fourth-order valence-electron chi connectivity index (χ4n) is 1.40. The monoisotopic (exact) mass is 270 g/mol. The Morgan fingerprint density at radius 2 is 2.22 bits per heavy atom. The highest BCUT2D eigenvalue weighted by Gasteiger charge is 2.05. The molecule has 0 saturated heterocycles. The lowest BCUT2D eigenvalue weighted by Gasteiger charge is -2.11. The van der Waals surface area contributed by atoms with Crippen LogP contribution in [0.5, 0.6) is 5.75 Å². The number of thioether (sulfide) groups is 1. The Morgan fingerprint density at radius 3 is 2.94 bits per heavy atom. The average Bonchev–Trinajstić information content (AvgIpc) is 2.41. The largest absolute Gasteiger partial charge is 0.497 e. The minimum atomic E-state index is -0.418. The van der Waals surface area contributed by atoms with E-state index in [1.807, 2.05) is 24.3 Å². The molecule has 102 valence electrons. The van der Waals surface area contributed by atoms with Crippen LogP contribution in [-0.2, 0) is 4.74 Å². The number of rotatable bonds is 9. The fourth-order valence-corrected chi connectivity index (χ4v) is 2.25. The Kier molecular flexibility index (Phi) is 7.89. The van der Waals surface area contributed by atoms with Crippen LogP contribution in [0.15, 0.2) is 29.2 Å². The Hall–Kier alpha value is -0.710. The van der Waals surface area contributed by atoms with Gasteiger partial charge in [0.15, 0.2) is 0 Å². The van der Waals surface area contributed by atoms with Gasteiger partial charge in [-0.1, -0.05) is 19.4 Å². The molecular formula is C14H22O3S. The molecule has 1 rings (SSSR count). The summed E-state index contributed by atoms with van der Waals surface area (Å²) in [5, 5.41) is 9.76. The molecule has 0 spiro atoms. The molecule has 0 heterocycles. The zero-order valence-electron chi connectivity index (χ0n) is 11.1. The minimum Gasteiger partial charge on any atom is -0.497 e. The Morgan fingerprint density at radius 1 is 1.39 bits per heavy atom. The predicted octanol–water partition coefficient (Wildman–Crippen LogP) is 2.96. The molecule has 0 aliphatic heterocycles. The maximum Gasteiger partial charge on any atom is 0.119 e. The second-order valence-corrected chi connectivity index (χ2v) is 5.17. The molecule has 4 heteroatoms. The van der Waals surface area contributed by atoms with E-state index in [-0.39, 0.29) is 0 Å². The zero-order chi connectivity index (χ0) is 13.2. The molecule has 18 heavy (non-hydrogen) atoms. The Bertz CT molecular complexity index is 331. The number of hydrogen-bond acceptors (Lipinski definition) is 4. The maximum absolute atomic E-state index is 9.76. The van der Waals surface area contributed by atoms with Crippen LogP contribution in [0.4, 0.5) is 0 Å². The molecule has 0 saturated carbocycles. The van der Waals surface area contributed by atoms with Crippen molar-refractivity contribution in [2.75, 3.05) is 26.1 Å². The van der Waals surface area contributed by atoms with Crippen LogP contribution in [0.25, 0.3) is 0 Å². The van der Waals surface area contributed by atoms with Gasteiger partial charge in [-0.3, -0.25) is 0 Å². The molecule has 1 atom stereocenters. The summed E-state index contributed by atoms with van der Waals surface area (Å²) in [5.41, 5.74) is 0. The van der Waals surface area contributed by atoms with Gasteiger partial charge >= 0.3 is 0 Å². The van der Waals surface area contributed by atoms with Crippen molar-refractivity contribution in [1.29, 1.82) is 0 Å². The van der Waals surface area contributed by atoms with E-state index in [4.69, 9.17) is 9.47 Å². The van der Waals surface area contributed by atoms with E-state index in [1.54, 1.807) is 18.9 Å². The van der Waals surface area contributed by atoms with Crippen LogP contribution in [0, 0.1) is 0 Å². The third-order valence-corrected chi connectivity index (χ3v) is 3.57. The summed E-state index contributed by atoms with van der Waals surface area (Å²) in [5.74, 6) is 1.48. The molecule has 0 radical (unpaired) electrons. The van der Waals surface area contributed by atoms with Crippen LogP contribution in [0.3, 0.4) is 0 Å². The van der Waals surface area contributed by atoms with E-state index in [1.165, 1.54) is 0 Å². The molecule has 0 aromatic heterocycles. The third-order valence-electron chi connectivity index (χ3n) is 2.44. The topological polar surface area (TPSA) is 38.7 Å². The molecule has 0 amide bonds. The summed E-state index contributed by atoms with van der Waals surface area (Å²) in [4.78, 5) is 1.10. The first-order valence-electron chi connectivity index (χ1n) is 6.29. The van der Waals surface area contributed by atoms with Gasteiger partial charge in [0, 0.05) is 17.3 Å². The van der Waals surface area contributed by atoms with Crippen LogP contribution in [-0.4, -0.2) is 37.3 Å². The molecule has 1 N–H and O–H groups in total. The zero-order valence-corrected chi connectivity index (χ0v) is 11.9. The van der Waals surface area contributed by atoms with Crippen molar-refractivity contribution in [2.24, 2.45) is 0 Å². The van der Waals surface area contributed by atoms with Crippen molar-refractivity contribution in [3.63, 3.8) is 0 Å². The third kappa shape index (κ3) is 6.28. The summed E-state index contributed by atoms with van der Waals surface area (Å²) in [6.07, 6.45) is 1.75. The first-order chi connectivity index (χ1) is 8.76. The first kappa shape index (κ1) is 15.3. The van der Waals surface area contributed by atoms with Crippen molar-refractivity contribution >= 4 is 11.8 Å². The SMILES string of the molecule is CCCCOCC(O)CSc1cccc(OC)c1. The molecule has 1 unspecified atom stereocenters. The Labute approximate surface area is 113 Å². The highest BCUT2D eigenvalue weighted by atomic mass is 32.2. The van der Waals surface area contributed by atoms with Gasteiger partial charge in [-0.2, -0.15) is 0 Å². The second kappa shape index (κ2) is 9.25. The minimum absolute atomic E-state index is 0.414. The standard InChI is InChI=1S/C14H22O3S/c1-3-4-8-17-10-12(15)11-18-14-7-5-6-13(9-14)16-2/h5-7,9,12,15H,3-4,8,10-11H2,1-2H3. The van der Waals surface area contributed by atoms with Gasteiger partial charge in [0.1, 0.15) is 5.75 Å². The van der Waals surface area contributed by atoms with Gasteiger partial charge < -0.3 is 14.6 Å². The van der Waals surface area contributed by atoms with E-state index >= 15 is 0 Å². The number of ether oxygens (including phenoxy) is 2. The maximum atomic E-state index is 9.76. The van der Waals surface area contributed by atoms with E-state index in [0.717, 1.165) is 30.1 Å². The second-order valence-electron chi connectivity index (χ2n) is 4.07. The lowest BCUT2D eigenvalue weighted by Crippen LogP contribution is -2.18. The number of benzene rings is 1. The quantitative estimate of drug-likeness (QED) is 0.553. The highest BCUT2D eigenvalue weighted by Crippen LogP contribution is 2.23. The molecular weight excluding hydrogens is 248 g/mol. The van der Waals surface area contributed by atoms with E-state index in [9.17, 15) is 5.11 Å². The summed E-state index contributed by atoms with van der Waals surface area (Å²) < 4.78 is 10.5. The van der Waals surface area contributed by atoms with Crippen LogP contribution < -0.4 is 4.74 Å². The molecule has 3 nitrogen and oxygen atoms in total. The van der Waals surface area contributed by atoms with E-state index in [0.29, 0.717) is 12.4 Å². The summed E-state index contributed by atoms with van der Waals surface area (Å²) in [6, 6.07) is 7.84. The molecule has 0 aliphatic carbocycles. The van der Waals surface area contributed by atoms with Gasteiger partial charge in [0.05, 0.1) is 19.8 Å². The fraction of sp³-hybridized carbons (Fsp3) is 0.571. The molecule has 1 aromatic carbocycles. The normalized spacial score (nSPS) is 12.4. The molecule has 1 aromatic rings.